The van der Waals surface area contributed by atoms with Gasteiger partial charge in [-0.2, -0.15) is 22.0 Å². The normalized spacial score (nSPS) is 21.6. The zero-order valence-electron chi connectivity index (χ0n) is 9.14. The Bertz CT molecular complexity index is 546. The van der Waals surface area contributed by atoms with Gasteiger partial charge in [-0.05, 0) is 6.42 Å². The largest absolute Gasteiger partial charge is 0.460 e. The summed E-state index contributed by atoms with van der Waals surface area (Å²) in [6.45, 7) is 0. The van der Waals surface area contributed by atoms with Gasteiger partial charge in [-0.3, -0.25) is 4.79 Å². The first-order valence-electron chi connectivity index (χ1n) is 4.92. The number of carbonyl (C=O) groups excluding carboxylic acids is 1. The third-order valence-electron chi connectivity index (χ3n) is 2.42. The molecule has 2 rings (SSSR count). The lowest BCUT2D eigenvalue weighted by atomic mass is 10.3. The molecule has 1 fully saturated rings. The van der Waals surface area contributed by atoms with Crippen LogP contribution < -0.4 is 5.32 Å². The molecule has 1 aromatic heterocycles. The Hall–Kier alpha value is -0.360. The molecule has 0 radical (unpaired) electrons. The van der Waals surface area contributed by atoms with Gasteiger partial charge < -0.3 is 5.32 Å². The zero-order valence-corrected chi connectivity index (χ0v) is 13.1. The topological polar surface area (TPSA) is 54.9 Å². The number of amides is 1. The highest BCUT2D eigenvalue weighted by molar-refractivity contribution is 9.25. The number of aromatic nitrogens is 2. The van der Waals surface area contributed by atoms with E-state index < -0.39 is 37.3 Å². The first kappa shape index (κ1) is 16.0. The molecule has 12 heteroatoms. The van der Waals surface area contributed by atoms with E-state index in [1.54, 1.807) is 0 Å². The van der Waals surface area contributed by atoms with E-state index in [0.29, 0.717) is 6.42 Å². The second kappa shape index (κ2) is 4.83. The van der Waals surface area contributed by atoms with Crippen molar-refractivity contribution in [1.29, 1.82) is 0 Å². The Morgan fingerprint density at radius 1 is 1.30 bits per heavy atom. The summed E-state index contributed by atoms with van der Waals surface area (Å²) in [6, 6.07) is 0. The van der Waals surface area contributed by atoms with Gasteiger partial charge in [-0.15, -0.1) is 10.2 Å². The summed E-state index contributed by atoms with van der Waals surface area (Å²) < 4.78 is 61.7. The number of nitrogens with one attached hydrogen (secondary N) is 1. The van der Waals surface area contributed by atoms with E-state index in [0.717, 1.165) is 0 Å². The number of halogens is 7. The Morgan fingerprint density at radius 2 is 1.85 bits per heavy atom. The van der Waals surface area contributed by atoms with Crippen LogP contribution in [0.4, 0.5) is 27.1 Å². The maximum absolute atomic E-state index is 13.0. The lowest BCUT2D eigenvalue weighted by molar-refractivity contribution is -0.289. The molecule has 1 heterocycles. The summed E-state index contributed by atoms with van der Waals surface area (Å²) in [7, 11) is 0. The molecule has 1 aliphatic carbocycles. The molecule has 0 saturated heterocycles. The van der Waals surface area contributed by atoms with Crippen LogP contribution in [0.5, 0.6) is 0 Å². The SMILES string of the molecule is O=C(Nc1nnc(C(F)(F)C(F)(F)F)s1)C1CC1(Br)Br. The number of carbonyl (C=O) groups is 1. The van der Waals surface area contributed by atoms with Crippen LogP contribution in [0.25, 0.3) is 0 Å². The zero-order chi connectivity index (χ0) is 15.3. The molecule has 0 aromatic carbocycles. The van der Waals surface area contributed by atoms with Gasteiger partial charge in [0.15, 0.2) is 5.01 Å². The molecule has 0 aliphatic heterocycles. The van der Waals surface area contributed by atoms with Gasteiger partial charge in [0, 0.05) is 0 Å². The van der Waals surface area contributed by atoms with Gasteiger partial charge in [0.2, 0.25) is 11.0 Å². The van der Waals surface area contributed by atoms with Crippen molar-refractivity contribution in [3.63, 3.8) is 0 Å². The molecule has 4 nitrogen and oxygen atoms in total. The van der Waals surface area contributed by atoms with E-state index >= 15 is 0 Å². The van der Waals surface area contributed by atoms with Gasteiger partial charge in [-0.25, -0.2) is 0 Å². The predicted molar refractivity (Wildman–Crippen MR) is 67.2 cm³/mol. The fraction of sp³-hybridized carbons (Fsp3) is 0.625. The van der Waals surface area contributed by atoms with Crippen LogP contribution in [0.3, 0.4) is 0 Å². The first-order valence-corrected chi connectivity index (χ1v) is 7.32. The van der Waals surface area contributed by atoms with Crippen LogP contribution in [0.1, 0.15) is 11.4 Å². The van der Waals surface area contributed by atoms with Gasteiger partial charge in [0.05, 0.1) is 9.15 Å². The summed E-state index contributed by atoms with van der Waals surface area (Å²) in [5.41, 5.74) is 0. The average molecular weight is 445 g/mol. The highest BCUT2D eigenvalue weighted by Crippen LogP contribution is 2.56. The maximum atomic E-state index is 13.0. The monoisotopic (exact) mass is 443 g/mol. The Kier molecular flexibility index (Phi) is 3.87. The summed E-state index contributed by atoms with van der Waals surface area (Å²) in [5, 5.41) is 6.13. The minimum Gasteiger partial charge on any atom is -0.300 e. The van der Waals surface area contributed by atoms with Gasteiger partial charge in [0.25, 0.3) is 0 Å². The van der Waals surface area contributed by atoms with E-state index in [1.807, 2.05) is 0 Å². The van der Waals surface area contributed by atoms with Crippen molar-refractivity contribution in [2.75, 3.05) is 5.32 Å². The van der Waals surface area contributed by atoms with Crippen LogP contribution in [0, 0.1) is 5.92 Å². The Morgan fingerprint density at radius 3 is 2.30 bits per heavy atom. The van der Waals surface area contributed by atoms with Crippen LogP contribution in [0.15, 0.2) is 0 Å². The number of hydrogen-bond donors (Lipinski definition) is 1. The molecule has 0 spiro atoms. The van der Waals surface area contributed by atoms with E-state index in [-0.39, 0.29) is 11.3 Å². The van der Waals surface area contributed by atoms with Gasteiger partial charge >= 0.3 is 12.1 Å². The molecule has 1 N–H and O–H groups in total. The lowest BCUT2D eigenvalue weighted by Crippen LogP contribution is -2.33. The van der Waals surface area contributed by atoms with Crippen molar-refractivity contribution in [2.45, 2.75) is 21.8 Å². The second-order valence-corrected chi connectivity index (χ2v) is 8.86. The molecule has 1 saturated carbocycles. The molecule has 20 heavy (non-hydrogen) atoms. The number of hydrogen-bond acceptors (Lipinski definition) is 4. The minimum absolute atomic E-state index is 0.0144. The fourth-order valence-electron chi connectivity index (χ4n) is 1.21. The van der Waals surface area contributed by atoms with Crippen LogP contribution in [-0.2, 0) is 10.7 Å². The number of anilines is 1. The van der Waals surface area contributed by atoms with E-state index in [4.69, 9.17) is 0 Å². The van der Waals surface area contributed by atoms with Crippen LogP contribution in [0.2, 0.25) is 0 Å². The lowest BCUT2D eigenvalue weighted by Gasteiger charge is -2.15. The Labute approximate surface area is 129 Å². The second-order valence-electron chi connectivity index (χ2n) is 3.99. The summed E-state index contributed by atoms with van der Waals surface area (Å²) in [6.07, 6.45) is -5.30. The van der Waals surface area contributed by atoms with E-state index in [9.17, 15) is 26.7 Å². The fourth-order valence-corrected chi connectivity index (χ4v) is 3.02. The van der Waals surface area contributed by atoms with Crippen molar-refractivity contribution in [2.24, 2.45) is 5.92 Å². The highest BCUT2D eigenvalue weighted by atomic mass is 79.9. The van der Waals surface area contributed by atoms with Crippen LogP contribution >= 0.6 is 43.2 Å². The first-order chi connectivity index (χ1) is 8.95. The highest BCUT2D eigenvalue weighted by Gasteiger charge is 2.61. The quantitative estimate of drug-likeness (QED) is 0.572. The van der Waals surface area contributed by atoms with E-state index in [1.165, 1.54) is 0 Å². The summed E-state index contributed by atoms with van der Waals surface area (Å²) >= 11 is 6.35. The third kappa shape index (κ3) is 2.96. The van der Waals surface area contributed by atoms with E-state index in [2.05, 4.69) is 47.4 Å². The van der Waals surface area contributed by atoms with Gasteiger partial charge in [0.1, 0.15) is 0 Å². The maximum Gasteiger partial charge on any atom is 0.460 e. The number of rotatable bonds is 3. The summed E-state index contributed by atoms with van der Waals surface area (Å²) in [4.78, 5) is 11.6. The smallest absolute Gasteiger partial charge is 0.300 e. The average Bonchev–Trinajstić information content (AvgIpc) is 2.72. The van der Waals surface area contributed by atoms with Crippen molar-refractivity contribution >= 4 is 54.2 Å². The van der Waals surface area contributed by atoms with Crippen LogP contribution in [-0.4, -0.2) is 25.5 Å². The Balaban J connectivity index is 2.09. The molecular weight excluding hydrogens is 441 g/mol. The van der Waals surface area contributed by atoms with Gasteiger partial charge in [-0.1, -0.05) is 43.2 Å². The van der Waals surface area contributed by atoms with Crippen molar-refractivity contribution in [3.8, 4) is 0 Å². The molecular formula is C8H4Br2F5N3OS. The predicted octanol–water partition coefficient (Wildman–Crippen LogP) is 3.64. The summed E-state index contributed by atoms with van der Waals surface area (Å²) in [5.74, 6) is -6.10. The number of nitrogens with zero attached hydrogens (tertiary/aromatic N) is 2. The van der Waals surface area contributed by atoms with Crippen molar-refractivity contribution in [3.05, 3.63) is 5.01 Å². The minimum atomic E-state index is -5.76. The number of alkyl halides is 7. The standard InChI is InChI=1S/C8H4Br2F5N3OS/c9-6(10)1-2(6)3(19)16-5-18-17-4(20-5)7(11,12)8(13,14)15/h2H,1H2,(H,16,18,19). The van der Waals surface area contributed by atoms with Crippen molar-refractivity contribution < 1.29 is 26.7 Å². The molecule has 1 atom stereocenters. The molecule has 0 bridgehead atoms. The molecule has 112 valence electrons. The third-order valence-corrected chi connectivity index (χ3v) is 5.08. The molecule has 1 aromatic rings. The molecule has 1 unspecified atom stereocenters. The molecule has 1 amide bonds. The molecule has 1 aliphatic rings. The van der Waals surface area contributed by atoms with Crippen molar-refractivity contribution in [1.82, 2.24) is 10.2 Å².